The summed E-state index contributed by atoms with van der Waals surface area (Å²) < 4.78 is 0. The van der Waals surface area contributed by atoms with Crippen LogP contribution >= 0.6 is 0 Å². The lowest BCUT2D eigenvalue weighted by molar-refractivity contribution is -0.128. The minimum absolute atomic E-state index is 0.0843. The van der Waals surface area contributed by atoms with Crippen LogP contribution in [-0.2, 0) is 16.1 Å². The second kappa shape index (κ2) is 7.27. The first-order valence-corrected chi connectivity index (χ1v) is 8.05. The van der Waals surface area contributed by atoms with Crippen molar-refractivity contribution in [3.8, 4) is 0 Å². The van der Waals surface area contributed by atoms with E-state index in [0.717, 1.165) is 11.1 Å². The first kappa shape index (κ1) is 16.2. The minimum Gasteiger partial charge on any atom is -0.368 e. The Morgan fingerprint density at radius 1 is 1.12 bits per heavy atom. The molecule has 124 valence electrons. The summed E-state index contributed by atoms with van der Waals surface area (Å²) in [6, 6.07) is 18.6. The van der Waals surface area contributed by atoms with E-state index >= 15 is 0 Å². The van der Waals surface area contributed by atoms with Crippen LogP contribution in [0.25, 0.3) is 0 Å². The molecular weight excluding hydrogens is 302 g/mol. The van der Waals surface area contributed by atoms with Crippen molar-refractivity contribution in [3.63, 3.8) is 0 Å². The number of primary amides is 1. The fourth-order valence-electron chi connectivity index (χ4n) is 3.06. The standard InChI is InChI=1S/C19H21N3O2/c20-19(24)18(15-9-5-2-6-10-15)21-16-11-17(23)22(13-16)12-14-7-3-1-4-8-14/h1-10,16,18,21H,11-13H2,(H2,20,24). The lowest BCUT2D eigenvalue weighted by Gasteiger charge is -2.21. The molecule has 3 rings (SSSR count). The van der Waals surface area contributed by atoms with Crippen LogP contribution < -0.4 is 11.1 Å². The van der Waals surface area contributed by atoms with E-state index in [2.05, 4.69) is 5.32 Å². The van der Waals surface area contributed by atoms with Gasteiger partial charge in [-0.1, -0.05) is 60.7 Å². The molecule has 2 atom stereocenters. The van der Waals surface area contributed by atoms with Crippen molar-refractivity contribution in [2.24, 2.45) is 5.73 Å². The van der Waals surface area contributed by atoms with Gasteiger partial charge in [0.25, 0.3) is 0 Å². The van der Waals surface area contributed by atoms with Crippen LogP contribution in [0, 0.1) is 0 Å². The zero-order valence-electron chi connectivity index (χ0n) is 13.4. The van der Waals surface area contributed by atoms with Gasteiger partial charge in [-0.05, 0) is 11.1 Å². The molecule has 0 aromatic heterocycles. The van der Waals surface area contributed by atoms with E-state index in [4.69, 9.17) is 5.73 Å². The van der Waals surface area contributed by atoms with Gasteiger partial charge in [-0.2, -0.15) is 0 Å². The topological polar surface area (TPSA) is 75.4 Å². The Balaban J connectivity index is 1.65. The highest BCUT2D eigenvalue weighted by molar-refractivity contribution is 5.82. The molecule has 1 saturated heterocycles. The number of amides is 2. The molecule has 2 unspecified atom stereocenters. The van der Waals surface area contributed by atoms with E-state index in [1.54, 1.807) is 0 Å². The molecule has 2 amide bonds. The molecule has 0 bridgehead atoms. The highest BCUT2D eigenvalue weighted by Crippen LogP contribution is 2.19. The van der Waals surface area contributed by atoms with Gasteiger partial charge in [-0.25, -0.2) is 0 Å². The summed E-state index contributed by atoms with van der Waals surface area (Å²) in [5.41, 5.74) is 7.46. The van der Waals surface area contributed by atoms with Crippen LogP contribution in [0.2, 0.25) is 0 Å². The summed E-state index contributed by atoms with van der Waals surface area (Å²) in [6.07, 6.45) is 0.378. The molecule has 1 heterocycles. The monoisotopic (exact) mass is 323 g/mol. The van der Waals surface area contributed by atoms with Crippen molar-refractivity contribution in [2.45, 2.75) is 25.0 Å². The highest BCUT2D eigenvalue weighted by Gasteiger charge is 2.32. The average molecular weight is 323 g/mol. The second-order valence-electron chi connectivity index (χ2n) is 6.07. The van der Waals surface area contributed by atoms with Crippen LogP contribution in [0.4, 0.5) is 0 Å². The molecule has 1 aliphatic heterocycles. The number of hydrogen-bond acceptors (Lipinski definition) is 3. The number of carbonyl (C=O) groups excluding carboxylic acids is 2. The molecule has 0 spiro atoms. The molecule has 2 aromatic rings. The first-order valence-electron chi connectivity index (χ1n) is 8.05. The summed E-state index contributed by atoms with van der Waals surface area (Å²) in [5.74, 6) is -0.345. The van der Waals surface area contributed by atoms with Gasteiger partial charge in [0.2, 0.25) is 11.8 Å². The van der Waals surface area contributed by atoms with Crippen LogP contribution in [0.15, 0.2) is 60.7 Å². The molecule has 1 fully saturated rings. The number of likely N-dealkylation sites (tertiary alicyclic amines) is 1. The third-order valence-corrected chi connectivity index (χ3v) is 4.25. The number of nitrogens with one attached hydrogen (secondary N) is 1. The number of carbonyl (C=O) groups is 2. The predicted molar refractivity (Wildman–Crippen MR) is 91.8 cm³/mol. The Labute approximate surface area is 141 Å². The summed E-state index contributed by atoms with van der Waals surface area (Å²) in [6.45, 7) is 1.16. The van der Waals surface area contributed by atoms with Crippen molar-refractivity contribution < 1.29 is 9.59 Å². The summed E-state index contributed by atoms with van der Waals surface area (Å²) >= 11 is 0. The maximum Gasteiger partial charge on any atom is 0.239 e. The lowest BCUT2D eigenvalue weighted by Crippen LogP contribution is -2.41. The highest BCUT2D eigenvalue weighted by atomic mass is 16.2. The Morgan fingerprint density at radius 2 is 1.75 bits per heavy atom. The minimum atomic E-state index is -0.583. The number of nitrogens with zero attached hydrogens (tertiary/aromatic N) is 1. The Hall–Kier alpha value is -2.66. The van der Waals surface area contributed by atoms with Crippen molar-refractivity contribution >= 4 is 11.8 Å². The zero-order chi connectivity index (χ0) is 16.9. The fourth-order valence-corrected chi connectivity index (χ4v) is 3.06. The molecule has 3 N–H and O–H groups in total. The smallest absolute Gasteiger partial charge is 0.239 e. The fraction of sp³-hybridized carbons (Fsp3) is 0.263. The summed E-state index contributed by atoms with van der Waals surface area (Å²) in [4.78, 5) is 25.9. The molecular formula is C19H21N3O2. The average Bonchev–Trinajstić information content (AvgIpc) is 2.94. The summed E-state index contributed by atoms with van der Waals surface area (Å²) in [5, 5.41) is 3.24. The van der Waals surface area contributed by atoms with Crippen molar-refractivity contribution in [1.29, 1.82) is 0 Å². The number of benzene rings is 2. The molecule has 5 heteroatoms. The van der Waals surface area contributed by atoms with Gasteiger partial charge in [-0.15, -0.1) is 0 Å². The Kier molecular flexibility index (Phi) is 4.91. The molecule has 2 aromatic carbocycles. The van der Waals surface area contributed by atoms with E-state index in [-0.39, 0.29) is 11.9 Å². The van der Waals surface area contributed by atoms with Gasteiger partial charge in [0.15, 0.2) is 0 Å². The molecule has 0 radical (unpaired) electrons. The molecule has 1 aliphatic rings. The number of nitrogens with two attached hydrogens (primary N) is 1. The van der Waals surface area contributed by atoms with Crippen molar-refractivity contribution in [3.05, 3.63) is 71.8 Å². The van der Waals surface area contributed by atoms with E-state index in [9.17, 15) is 9.59 Å². The third-order valence-electron chi connectivity index (χ3n) is 4.25. The summed E-state index contributed by atoms with van der Waals surface area (Å²) in [7, 11) is 0. The van der Waals surface area contributed by atoms with Gasteiger partial charge in [0.1, 0.15) is 6.04 Å². The number of rotatable bonds is 6. The van der Waals surface area contributed by atoms with Crippen LogP contribution in [0.5, 0.6) is 0 Å². The van der Waals surface area contributed by atoms with Crippen molar-refractivity contribution in [2.75, 3.05) is 6.54 Å². The van der Waals surface area contributed by atoms with Crippen molar-refractivity contribution in [1.82, 2.24) is 10.2 Å². The van der Waals surface area contributed by atoms with E-state index in [1.807, 2.05) is 65.6 Å². The Bertz CT molecular complexity index is 703. The molecule has 0 aliphatic carbocycles. The predicted octanol–water partition coefficient (Wildman–Crippen LogP) is 1.60. The van der Waals surface area contributed by atoms with E-state index in [0.29, 0.717) is 19.5 Å². The van der Waals surface area contributed by atoms with Gasteiger partial charge >= 0.3 is 0 Å². The van der Waals surface area contributed by atoms with Crippen LogP contribution in [-0.4, -0.2) is 29.3 Å². The lowest BCUT2D eigenvalue weighted by atomic mass is 10.1. The maximum absolute atomic E-state index is 12.2. The second-order valence-corrected chi connectivity index (χ2v) is 6.07. The van der Waals surface area contributed by atoms with Gasteiger partial charge in [0, 0.05) is 25.6 Å². The first-order chi connectivity index (χ1) is 11.6. The largest absolute Gasteiger partial charge is 0.368 e. The SMILES string of the molecule is NC(=O)C(NC1CC(=O)N(Cc2ccccc2)C1)c1ccccc1. The van der Waals surface area contributed by atoms with Crippen LogP contribution in [0.3, 0.4) is 0 Å². The van der Waals surface area contributed by atoms with Gasteiger partial charge < -0.3 is 10.6 Å². The number of hydrogen-bond donors (Lipinski definition) is 2. The maximum atomic E-state index is 12.2. The third kappa shape index (κ3) is 3.81. The molecule has 24 heavy (non-hydrogen) atoms. The molecule has 5 nitrogen and oxygen atoms in total. The quantitative estimate of drug-likeness (QED) is 0.848. The zero-order valence-corrected chi connectivity index (χ0v) is 13.4. The van der Waals surface area contributed by atoms with E-state index in [1.165, 1.54) is 0 Å². The molecule has 0 saturated carbocycles. The normalized spacial score (nSPS) is 18.6. The van der Waals surface area contributed by atoms with Gasteiger partial charge in [0.05, 0.1) is 0 Å². The van der Waals surface area contributed by atoms with Crippen LogP contribution in [0.1, 0.15) is 23.6 Å². The van der Waals surface area contributed by atoms with E-state index < -0.39 is 11.9 Å². The Morgan fingerprint density at radius 3 is 2.38 bits per heavy atom. The van der Waals surface area contributed by atoms with Gasteiger partial charge in [-0.3, -0.25) is 14.9 Å².